The van der Waals surface area contributed by atoms with E-state index < -0.39 is 12.2 Å². The Hall–Kier alpha value is -0.820. The lowest BCUT2D eigenvalue weighted by Crippen LogP contribution is -2.55. The molecule has 106 valence electrons. The zero-order valence-electron chi connectivity index (χ0n) is 10.7. The molecule has 2 N–H and O–H groups in total. The summed E-state index contributed by atoms with van der Waals surface area (Å²) in [5.74, 6) is -0.339. The van der Waals surface area contributed by atoms with Gasteiger partial charge in [-0.25, -0.2) is 0 Å². The Morgan fingerprint density at radius 2 is 1.72 bits per heavy atom. The summed E-state index contributed by atoms with van der Waals surface area (Å²) >= 11 is 0. The molecule has 0 aromatic heterocycles. The summed E-state index contributed by atoms with van der Waals surface area (Å²) in [6.07, 6.45) is -4.21. The van der Waals surface area contributed by atoms with Crippen LogP contribution in [0.4, 0.5) is 13.2 Å². The molecule has 7 heteroatoms. The van der Waals surface area contributed by atoms with E-state index in [4.69, 9.17) is 5.73 Å². The van der Waals surface area contributed by atoms with Crippen LogP contribution in [-0.4, -0.2) is 60.6 Å². The van der Waals surface area contributed by atoms with Gasteiger partial charge in [0.25, 0.3) is 0 Å². The van der Waals surface area contributed by atoms with E-state index in [1.54, 1.807) is 11.8 Å². The molecule has 0 radical (unpaired) electrons. The van der Waals surface area contributed by atoms with Gasteiger partial charge in [0.2, 0.25) is 5.91 Å². The van der Waals surface area contributed by atoms with E-state index in [1.165, 1.54) is 4.90 Å². The van der Waals surface area contributed by atoms with Crippen molar-refractivity contribution in [1.82, 2.24) is 9.80 Å². The first kappa shape index (κ1) is 15.2. The summed E-state index contributed by atoms with van der Waals surface area (Å²) in [4.78, 5) is 14.8. The molecule has 1 saturated heterocycles. The molecule has 2 unspecified atom stereocenters. The molecule has 0 aromatic rings. The van der Waals surface area contributed by atoms with Gasteiger partial charge in [-0.2, -0.15) is 13.2 Å². The fraction of sp³-hybridized carbons (Fsp3) is 0.909. The maximum absolute atomic E-state index is 12.5. The fourth-order valence-electron chi connectivity index (χ4n) is 1.95. The minimum atomic E-state index is -4.21. The quantitative estimate of drug-likeness (QED) is 0.818. The molecule has 4 nitrogen and oxygen atoms in total. The van der Waals surface area contributed by atoms with E-state index in [0.717, 1.165) is 6.92 Å². The lowest BCUT2D eigenvalue weighted by Gasteiger charge is -2.39. The standard InChI is InChI=1S/C11H20F3N3O/c1-8(7-15)10(18)17-5-3-16(4-6-17)9(2)11(12,13)14/h8-9H,3-7,15H2,1-2H3. The predicted molar refractivity (Wildman–Crippen MR) is 61.9 cm³/mol. The van der Waals surface area contributed by atoms with E-state index in [2.05, 4.69) is 0 Å². The van der Waals surface area contributed by atoms with Crippen LogP contribution < -0.4 is 5.73 Å². The van der Waals surface area contributed by atoms with Crippen LogP contribution in [0.2, 0.25) is 0 Å². The van der Waals surface area contributed by atoms with Crippen LogP contribution in [0.3, 0.4) is 0 Å². The Morgan fingerprint density at radius 3 is 2.11 bits per heavy atom. The van der Waals surface area contributed by atoms with Crippen molar-refractivity contribution in [3.05, 3.63) is 0 Å². The van der Waals surface area contributed by atoms with E-state index in [9.17, 15) is 18.0 Å². The fourth-order valence-corrected chi connectivity index (χ4v) is 1.95. The summed E-state index contributed by atoms with van der Waals surface area (Å²) in [6, 6.07) is -1.46. The number of alkyl halides is 3. The van der Waals surface area contributed by atoms with Gasteiger partial charge in [-0.15, -0.1) is 0 Å². The minimum Gasteiger partial charge on any atom is -0.340 e. The molecule has 0 aliphatic carbocycles. The topological polar surface area (TPSA) is 49.6 Å². The number of amides is 1. The van der Waals surface area contributed by atoms with Gasteiger partial charge in [-0.3, -0.25) is 9.69 Å². The largest absolute Gasteiger partial charge is 0.403 e. The molecule has 0 aromatic carbocycles. The maximum atomic E-state index is 12.5. The number of carbonyl (C=O) groups excluding carboxylic acids is 1. The highest BCUT2D eigenvalue weighted by molar-refractivity contribution is 5.78. The SMILES string of the molecule is CC(CN)C(=O)N1CCN(C(C)C(F)(F)F)CC1. The highest BCUT2D eigenvalue weighted by atomic mass is 19.4. The van der Waals surface area contributed by atoms with Gasteiger partial charge in [0.15, 0.2) is 0 Å². The smallest absolute Gasteiger partial charge is 0.340 e. The first-order valence-corrected chi connectivity index (χ1v) is 6.07. The van der Waals surface area contributed by atoms with Crippen molar-refractivity contribution in [2.45, 2.75) is 26.1 Å². The average Bonchev–Trinajstić information content (AvgIpc) is 2.35. The number of halogens is 3. The van der Waals surface area contributed by atoms with Crippen LogP contribution in [0.25, 0.3) is 0 Å². The number of carbonyl (C=O) groups is 1. The number of nitrogens with two attached hydrogens (primary N) is 1. The second-order valence-corrected chi connectivity index (χ2v) is 4.72. The third-order valence-electron chi connectivity index (χ3n) is 3.42. The molecule has 1 heterocycles. The lowest BCUT2D eigenvalue weighted by atomic mass is 10.1. The van der Waals surface area contributed by atoms with Crippen LogP contribution in [-0.2, 0) is 4.79 Å². The number of hydrogen-bond acceptors (Lipinski definition) is 3. The molecule has 1 amide bonds. The van der Waals surface area contributed by atoms with Crippen molar-refractivity contribution in [2.75, 3.05) is 32.7 Å². The molecule has 0 spiro atoms. The van der Waals surface area contributed by atoms with E-state index in [1.807, 2.05) is 0 Å². The first-order chi connectivity index (χ1) is 8.27. The Bertz CT molecular complexity index is 288. The molecule has 18 heavy (non-hydrogen) atoms. The molecule has 0 saturated carbocycles. The van der Waals surface area contributed by atoms with Crippen LogP contribution in [0.5, 0.6) is 0 Å². The summed E-state index contributed by atoms with van der Waals surface area (Å²) in [7, 11) is 0. The molecule has 1 aliphatic heterocycles. The van der Waals surface area contributed by atoms with Crippen molar-refractivity contribution in [2.24, 2.45) is 11.7 Å². The van der Waals surface area contributed by atoms with Crippen LogP contribution in [0.15, 0.2) is 0 Å². The lowest BCUT2D eigenvalue weighted by molar-refractivity contribution is -0.183. The van der Waals surface area contributed by atoms with Gasteiger partial charge in [0, 0.05) is 38.6 Å². The van der Waals surface area contributed by atoms with Crippen molar-refractivity contribution >= 4 is 5.91 Å². The summed E-state index contributed by atoms with van der Waals surface area (Å²) in [5, 5.41) is 0. The number of piperazine rings is 1. The van der Waals surface area contributed by atoms with Gasteiger partial charge in [0.1, 0.15) is 6.04 Å². The Morgan fingerprint density at radius 1 is 1.22 bits per heavy atom. The van der Waals surface area contributed by atoms with Crippen LogP contribution in [0, 0.1) is 5.92 Å². The van der Waals surface area contributed by atoms with Crippen molar-refractivity contribution in [1.29, 1.82) is 0 Å². The van der Waals surface area contributed by atoms with Gasteiger partial charge in [-0.05, 0) is 6.92 Å². The summed E-state index contributed by atoms with van der Waals surface area (Å²) < 4.78 is 37.6. The highest BCUT2D eigenvalue weighted by Gasteiger charge is 2.41. The van der Waals surface area contributed by atoms with Crippen LogP contribution >= 0.6 is 0 Å². The predicted octanol–water partition coefficient (Wildman–Crippen LogP) is 0.676. The normalized spacial score (nSPS) is 21.8. The second kappa shape index (κ2) is 5.88. The Kier molecular flexibility index (Phi) is 4.98. The summed E-state index contributed by atoms with van der Waals surface area (Å²) in [5.41, 5.74) is 5.41. The number of rotatable bonds is 3. The van der Waals surface area contributed by atoms with Gasteiger partial charge in [0.05, 0.1) is 0 Å². The highest BCUT2D eigenvalue weighted by Crippen LogP contribution is 2.25. The monoisotopic (exact) mass is 267 g/mol. The zero-order chi connectivity index (χ0) is 13.9. The first-order valence-electron chi connectivity index (χ1n) is 6.07. The third-order valence-corrected chi connectivity index (χ3v) is 3.42. The second-order valence-electron chi connectivity index (χ2n) is 4.72. The molecular formula is C11H20F3N3O. The average molecular weight is 267 g/mol. The number of hydrogen-bond donors (Lipinski definition) is 1. The zero-order valence-corrected chi connectivity index (χ0v) is 10.7. The van der Waals surface area contributed by atoms with Gasteiger partial charge < -0.3 is 10.6 Å². The minimum absolute atomic E-state index is 0.0724. The Balaban J connectivity index is 2.49. The van der Waals surface area contributed by atoms with Crippen molar-refractivity contribution in [3.63, 3.8) is 0 Å². The maximum Gasteiger partial charge on any atom is 0.403 e. The summed E-state index contributed by atoms with van der Waals surface area (Å²) in [6.45, 7) is 4.33. The molecule has 1 rings (SSSR count). The number of nitrogens with zero attached hydrogens (tertiary/aromatic N) is 2. The third kappa shape index (κ3) is 3.58. The van der Waals surface area contributed by atoms with E-state index in [0.29, 0.717) is 13.1 Å². The van der Waals surface area contributed by atoms with Crippen molar-refractivity contribution in [3.8, 4) is 0 Å². The molecule has 2 atom stereocenters. The van der Waals surface area contributed by atoms with E-state index in [-0.39, 0.29) is 31.5 Å². The van der Waals surface area contributed by atoms with Crippen LogP contribution in [0.1, 0.15) is 13.8 Å². The molecule has 1 fully saturated rings. The molecule has 0 bridgehead atoms. The van der Waals surface area contributed by atoms with E-state index >= 15 is 0 Å². The molecule has 1 aliphatic rings. The van der Waals surface area contributed by atoms with Crippen molar-refractivity contribution < 1.29 is 18.0 Å². The van der Waals surface area contributed by atoms with Gasteiger partial charge in [-0.1, -0.05) is 6.92 Å². The van der Waals surface area contributed by atoms with Gasteiger partial charge >= 0.3 is 6.18 Å². The molecular weight excluding hydrogens is 247 g/mol. The Labute approximate surface area is 105 Å².